The van der Waals surface area contributed by atoms with E-state index in [0.29, 0.717) is 0 Å². The summed E-state index contributed by atoms with van der Waals surface area (Å²) in [5.41, 5.74) is 14.2. The minimum atomic E-state index is 0.112. The van der Waals surface area contributed by atoms with Gasteiger partial charge in [0.1, 0.15) is 11.9 Å². The number of fused-ring (bicyclic) bond motifs is 4. The highest BCUT2D eigenvalue weighted by Crippen LogP contribution is 2.46. The number of hydrogen-bond donors (Lipinski definition) is 0. The first-order valence-electron chi connectivity index (χ1n) is 17.4. The van der Waals surface area contributed by atoms with Crippen LogP contribution in [0, 0.1) is 0 Å². The first kappa shape index (κ1) is 31.2. The van der Waals surface area contributed by atoms with E-state index >= 15 is 0 Å². The summed E-state index contributed by atoms with van der Waals surface area (Å²) >= 11 is 0. The molecule has 0 bridgehead atoms. The molecule has 1 atom stereocenters. The molecule has 50 heavy (non-hydrogen) atoms. The molecular weight excluding hydrogens is 607 g/mol. The molecule has 0 amide bonds. The molecule has 242 valence electrons. The minimum absolute atomic E-state index is 0.112. The predicted octanol–water partition coefficient (Wildman–Crippen LogP) is 12.6. The third kappa shape index (κ3) is 6.01. The number of para-hydroxylation sites is 1. The fourth-order valence-electron chi connectivity index (χ4n) is 7.13. The van der Waals surface area contributed by atoms with Crippen LogP contribution >= 0.6 is 0 Å². The molecule has 2 heterocycles. The van der Waals surface area contributed by atoms with E-state index in [1.807, 2.05) is 13.0 Å². The Morgan fingerprint density at radius 2 is 1.50 bits per heavy atom. The number of hydrogen-bond acceptors (Lipinski definition) is 1. The van der Waals surface area contributed by atoms with Gasteiger partial charge in [0, 0.05) is 52.3 Å². The van der Waals surface area contributed by atoms with Crippen LogP contribution in [0.2, 0.25) is 0 Å². The van der Waals surface area contributed by atoms with Crippen LogP contribution in [0.3, 0.4) is 0 Å². The largest absolute Gasteiger partial charge is 0.484 e. The van der Waals surface area contributed by atoms with Crippen LogP contribution < -0.4 is 4.74 Å². The minimum Gasteiger partial charge on any atom is -0.484 e. The molecule has 1 aliphatic heterocycles. The Morgan fingerprint density at radius 3 is 2.28 bits per heavy atom. The molecular formula is C48H39NO. The fraction of sp³-hybridized carbons (Fsp3) is 0.0833. The highest BCUT2D eigenvalue weighted by Gasteiger charge is 2.30. The maximum absolute atomic E-state index is 6.47. The number of rotatable bonds is 9. The van der Waals surface area contributed by atoms with Crippen molar-refractivity contribution in [2.24, 2.45) is 0 Å². The molecule has 2 heteroatoms. The number of allylic oxidation sites excluding steroid dienone is 8. The van der Waals surface area contributed by atoms with Crippen molar-refractivity contribution >= 4 is 28.1 Å². The second kappa shape index (κ2) is 13.8. The molecule has 8 rings (SSSR count). The van der Waals surface area contributed by atoms with E-state index in [1.54, 1.807) is 0 Å². The van der Waals surface area contributed by atoms with Gasteiger partial charge >= 0.3 is 0 Å². The number of benzene rings is 5. The van der Waals surface area contributed by atoms with E-state index < -0.39 is 0 Å². The highest BCUT2D eigenvalue weighted by molar-refractivity contribution is 5.99. The average Bonchev–Trinajstić information content (AvgIpc) is 3.73. The van der Waals surface area contributed by atoms with Crippen LogP contribution in [0.5, 0.6) is 5.75 Å². The van der Waals surface area contributed by atoms with Gasteiger partial charge in [-0.2, -0.15) is 0 Å². The first-order valence-corrected chi connectivity index (χ1v) is 17.4. The molecule has 0 radical (unpaired) electrons. The molecule has 0 saturated heterocycles. The van der Waals surface area contributed by atoms with Gasteiger partial charge in [-0.3, -0.25) is 0 Å². The normalized spacial score (nSPS) is 15.3. The van der Waals surface area contributed by atoms with Gasteiger partial charge in [0.15, 0.2) is 0 Å². The zero-order chi connectivity index (χ0) is 33.9. The summed E-state index contributed by atoms with van der Waals surface area (Å²) in [7, 11) is 0. The van der Waals surface area contributed by atoms with Crippen LogP contribution in [0.4, 0.5) is 0 Å². The quantitative estimate of drug-likeness (QED) is 0.143. The van der Waals surface area contributed by atoms with Crippen molar-refractivity contribution < 1.29 is 4.74 Å². The van der Waals surface area contributed by atoms with E-state index in [0.717, 1.165) is 41.0 Å². The summed E-state index contributed by atoms with van der Waals surface area (Å²) in [6, 6.07) is 41.5. The summed E-state index contributed by atoms with van der Waals surface area (Å²) < 4.78 is 8.79. The third-order valence-electron chi connectivity index (χ3n) is 9.73. The van der Waals surface area contributed by atoms with Gasteiger partial charge in [0.05, 0.1) is 0 Å². The molecule has 0 spiro atoms. The molecule has 1 aliphatic carbocycles. The van der Waals surface area contributed by atoms with Gasteiger partial charge in [-0.25, -0.2) is 0 Å². The van der Waals surface area contributed by atoms with Crippen LogP contribution in [0.1, 0.15) is 30.0 Å². The Kier molecular flexibility index (Phi) is 8.59. The van der Waals surface area contributed by atoms with Crippen molar-refractivity contribution in [2.75, 3.05) is 0 Å². The second-order valence-electron chi connectivity index (χ2n) is 12.8. The maximum Gasteiger partial charge on any atom is 0.135 e. The Labute approximate surface area is 295 Å². The lowest BCUT2D eigenvalue weighted by Gasteiger charge is -2.13. The number of nitrogens with zero attached hydrogens (tertiary/aromatic N) is 1. The number of ether oxygens (including phenoxy) is 1. The predicted molar refractivity (Wildman–Crippen MR) is 213 cm³/mol. The van der Waals surface area contributed by atoms with Gasteiger partial charge < -0.3 is 9.30 Å². The molecule has 0 N–H and O–H groups in total. The topological polar surface area (TPSA) is 14.2 Å². The lowest BCUT2D eigenvalue weighted by Crippen LogP contribution is -2.12. The SMILES string of the molecule is C=CC(=Cc1cn(CC=CC=CC)c2ccc(-c3ccc(-c4ccccc4)cc3)cc12)c1ccc(-c2cccc3c2OC2CC=CC=C32)cc1. The Balaban J connectivity index is 1.14. The van der Waals surface area contributed by atoms with Crippen molar-refractivity contribution in [3.63, 3.8) is 0 Å². The molecule has 1 aromatic heterocycles. The summed E-state index contributed by atoms with van der Waals surface area (Å²) in [6.07, 6.45) is 22.4. The van der Waals surface area contributed by atoms with Gasteiger partial charge in [-0.05, 0) is 64.1 Å². The van der Waals surface area contributed by atoms with Gasteiger partial charge in [0.25, 0.3) is 0 Å². The first-order chi connectivity index (χ1) is 24.7. The van der Waals surface area contributed by atoms with E-state index in [4.69, 9.17) is 4.74 Å². The van der Waals surface area contributed by atoms with Crippen LogP contribution in [-0.4, -0.2) is 10.7 Å². The summed E-state index contributed by atoms with van der Waals surface area (Å²) in [5.74, 6) is 0.987. The highest BCUT2D eigenvalue weighted by atomic mass is 16.5. The van der Waals surface area contributed by atoms with Crippen molar-refractivity contribution in [1.82, 2.24) is 4.57 Å². The fourth-order valence-corrected chi connectivity index (χ4v) is 7.13. The molecule has 0 fully saturated rings. The Hall–Kier alpha value is -6.12. The number of aromatic nitrogens is 1. The van der Waals surface area contributed by atoms with E-state index in [2.05, 4.69) is 181 Å². The lowest BCUT2D eigenvalue weighted by atomic mass is 9.93. The summed E-state index contributed by atoms with van der Waals surface area (Å²) in [4.78, 5) is 0. The zero-order valence-electron chi connectivity index (χ0n) is 28.3. The van der Waals surface area contributed by atoms with E-state index in [1.165, 1.54) is 49.9 Å². The lowest BCUT2D eigenvalue weighted by molar-refractivity contribution is 0.280. The molecule has 6 aromatic rings. The monoisotopic (exact) mass is 645 g/mol. The molecule has 2 aliphatic rings. The average molecular weight is 646 g/mol. The molecule has 0 saturated carbocycles. The van der Waals surface area contributed by atoms with Crippen LogP contribution in [0.25, 0.3) is 61.5 Å². The third-order valence-corrected chi connectivity index (χ3v) is 9.73. The Morgan fingerprint density at radius 1 is 0.780 bits per heavy atom. The molecule has 2 nitrogen and oxygen atoms in total. The van der Waals surface area contributed by atoms with Crippen molar-refractivity contribution in [3.05, 3.63) is 193 Å². The van der Waals surface area contributed by atoms with Crippen LogP contribution in [0.15, 0.2) is 177 Å². The van der Waals surface area contributed by atoms with Crippen molar-refractivity contribution in [2.45, 2.75) is 26.0 Å². The smallest absolute Gasteiger partial charge is 0.135 e. The summed E-state index contributed by atoms with van der Waals surface area (Å²) in [5, 5.41) is 1.22. The van der Waals surface area contributed by atoms with Gasteiger partial charge in [-0.15, -0.1) is 0 Å². The van der Waals surface area contributed by atoms with E-state index in [-0.39, 0.29) is 6.10 Å². The molecule has 5 aromatic carbocycles. The standard InChI is InChI=1S/C48H39NO/c1-3-5-6-12-30-49-33-41(45-32-40(28-29-46(45)49)38-22-20-37(21-23-38)35-14-8-7-9-15-35)31-34(4-2)36-24-26-39(27-25-36)42-17-13-18-44-43-16-10-11-19-47(43)50-48(42)44/h3-18,20-29,31-33,47H,2,19,30H2,1H3. The Bertz CT molecular complexity index is 2340. The second-order valence-corrected chi connectivity index (χ2v) is 12.8. The van der Waals surface area contributed by atoms with Gasteiger partial charge in [0.2, 0.25) is 0 Å². The summed E-state index contributed by atoms with van der Waals surface area (Å²) in [6.45, 7) is 7.06. The van der Waals surface area contributed by atoms with Gasteiger partial charge in [-0.1, -0.05) is 158 Å². The zero-order valence-corrected chi connectivity index (χ0v) is 28.3. The van der Waals surface area contributed by atoms with Crippen molar-refractivity contribution in [1.29, 1.82) is 0 Å². The van der Waals surface area contributed by atoms with Crippen molar-refractivity contribution in [3.8, 4) is 39.1 Å². The van der Waals surface area contributed by atoms with E-state index in [9.17, 15) is 0 Å². The maximum atomic E-state index is 6.47. The molecule has 1 unspecified atom stereocenters. The van der Waals surface area contributed by atoms with Crippen LogP contribution in [-0.2, 0) is 6.54 Å².